The van der Waals surface area contributed by atoms with Gasteiger partial charge in [-0.15, -0.1) is 0 Å². The summed E-state index contributed by atoms with van der Waals surface area (Å²) >= 11 is 13.0. The second-order valence-electron chi connectivity index (χ2n) is 10.0. The summed E-state index contributed by atoms with van der Waals surface area (Å²) in [5, 5.41) is 21.0. The fraction of sp³-hybridized carbons (Fsp3) is 0.276. The summed E-state index contributed by atoms with van der Waals surface area (Å²) in [6.07, 6.45) is 2.96. The molecule has 1 atom stereocenters. The van der Waals surface area contributed by atoms with Gasteiger partial charge in [-0.25, -0.2) is 22.2 Å². The zero-order valence-corrected chi connectivity index (χ0v) is 24.5. The number of benzene rings is 3. The van der Waals surface area contributed by atoms with Crippen molar-refractivity contribution in [3.8, 4) is 16.8 Å². The molecule has 0 amide bonds. The van der Waals surface area contributed by atoms with Crippen molar-refractivity contribution in [2.45, 2.75) is 50.2 Å². The van der Waals surface area contributed by atoms with Crippen LogP contribution in [0.5, 0.6) is 0 Å². The van der Waals surface area contributed by atoms with Crippen LogP contribution in [0.2, 0.25) is 10.0 Å². The SMILES string of the molecule is CCC(c1c(Cl)cccc1Cl)c1nc(C(C)(C)O)cn1-c1ccc(-c2cc(F)c(CO)c(S(C)(=O)=O)c2)cc1F. The number of aromatic nitrogens is 2. The molecule has 3 aromatic carbocycles. The lowest BCUT2D eigenvalue weighted by atomic mass is 9.95. The Kier molecular flexibility index (Phi) is 8.45. The maximum Gasteiger partial charge on any atom is 0.176 e. The predicted octanol–water partition coefficient (Wildman–Crippen LogP) is 6.79. The van der Waals surface area contributed by atoms with E-state index in [0.717, 1.165) is 18.4 Å². The van der Waals surface area contributed by atoms with Gasteiger partial charge < -0.3 is 10.2 Å². The molecule has 0 aliphatic carbocycles. The van der Waals surface area contributed by atoms with Gasteiger partial charge in [0.05, 0.1) is 22.9 Å². The number of hydrogen-bond acceptors (Lipinski definition) is 5. The van der Waals surface area contributed by atoms with Gasteiger partial charge in [0.25, 0.3) is 0 Å². The molecule has 0 spiro atoms. The van der Waals surface area contributed by atoms with Gasteiger partial charge in [-0.3, -0.25) is 4.57 Å². The van der Waals surface area contributed by atoms with Crippen LogP contribution in [0.1, 0.15) is 55.8 Å². The molecule has 4 aromatic rings. The van der Waals surface area contributed by atoms with Crippen LogP contribution in [0.3, 0.4) is 0 Å². The molecule has 40 heavy (non-hydrogen) atoms. The van der Waals surface area contributed by atoms with Gasteiger partial charge >= 0.3 is 0 Å². The summed E-state index contributed by atoms with van der Waals surface area (Å²) in [4.78, 5) is 4.30. The Morgan fingerprint density at radius 3 is 2.17 bits per heavy atom. The zero-order valence-electron chi connectivity index (χ0n) is 22.2. The molecular weight excluding hydrogens is 581 g/mol. The van der Waals surface area contributed by atoms with Crippen molar-refractivity contribution in [1.82, 2.24) is 9.55 Å². The molecule has 4 rings (SSSR count). The van der Waals surface area contributed by atoms with Gasteiger partial charge in [-0.2, -0.15) is 0 Å². The van der Waals surface area contributed by atoms with Crippen LogP contribution < -0.4 is 0 Å². The lowest BCUT2D eigenvalue weighted by Gasteiger charge is -2.20. The summed E-state index contributed by atoms with van der Waals surface area (Å²) in [5.41, 5.74) is -0.335. The number of nitrogens with zero attached hydrogens (tertiary/aromatic N) is 2. The van der Waals surface area contributed by atoms with Gasteiger partial charge in [-0.05, 0) is 73.4 Å². The highest BCUT2D eigenvalue weighted by molar-refractivity contribution is 7.90. The van der Waals surface area contributed by atoms with E-state index in [9.17, 15) is 23.0 Å². The number of rotatable bonds is 8. The van der Waals surface area contributed by atoms with Crippen LogP contribution in [0, 0.1) is 11.6 Å². The summed E-state index contributed by atoms with van der Waals surface area (Å²) in [6.45, 7) is 4.24. The molecule has 11 heteroatoms. The average Bonchev–Trinajstić information content (AvgIpc) is 3.30. The molecule has 1 heterocycles. The quantitative estimate of drug-likeness (QED) is 0.230. The van der Waals surface area contributed by atoms with E-state index in [1.165, 1.54) is 29.0 Å². The first-order valence-electron chi connectivity index (χ1n) is 12.4. The summed E-state index contributed by atoms with van der Waals surface area (Å²) in [6, 6.07) is 11.5. The Bertz CT molecular complexity index is 1680. The van der Waals surface area contributed by atoms with Crippen LogP contribution in [0.25, 0.3) is 16.8 Å². The number of aliphatic hydroxyl groups is 2. The monoisotopic (exact) mass is 608 g/mol. The summed E-state index contributed by atoms with van der Waals surface area (Å²) in [5.74, 6) is -1.67. The third kappa shape index (κ3) is 5.80. The van der Waals surface area contributed by atoms with Crippen LogP contribution in [0.4, 0.5) is 8.78 Å². The lowest BCUT2D eigenvalue weighted by molar-refractivity contribution is 0.0741. The number of halogens is 4. The first kappa shape index (κ1) is 30.1. The molecular formula is C29H28Cl2F2N2O4S. The molecule has 6 nitrogen and oxygen atoms in total. The van der Waals surface area contributed by atoms with Crippen LogP contribution in [-0.2, 0) is 22.0 Å². The molecule has 0 fully saturated rings. The smallest absolute Gasteiger partial charge is 0.176 e. The van der Waals surface area contributed by atoms with E-state index in [1.54, 1.807) is 32.0 Å². The van der Waals surface area contributed by atoms with Crippen molar-refractivity contribution >= 4 is 33.0 Å². The maximum atomic E-state index is 15.8. The van der Waals surface area contributed by atoms with Crippen molar-refractivity contribution < 1.29 is 27.4 Å². The fourth-order valence-corrected chi connectivity index (χ4v) is 6.24. The van der Waals surface area contributed by atoms with Crippen LogP contribution in [-0.4, -0.2) is 34.4 Å². The molecule has 1 aromatic heterocycles. The fourth-order valence-electron chi connectivity index (χ4n) is 4.63. The number of aliphatic hydroxyl groups excluding tert-OH is 1. The number of hydrogen-bond donors (Lipinski definition) is 2. The molecule has 0 saturated carbocycles. The predicted molar refractivity (Wildman–Crippen MR) is 152 cm³/mol. The largest absolute Gasteiger partial charge is 0.392 e. The van der Waals surface area contributed by atoms with Crippen molar-refractivity contribution in [3.63, 3.8) is 0 Å². The highest BCUT2D eigenvalue weighted by Crippen LogP contribution is 2.39. The molecule has 212 valence electrons. The number of sulfone groups is 1. The normalized spacial score (nSPS) is 13.1. The third-order valence-corrected chi connectivity index (χ3v) is 8.50. The minimum atomic E-state index is -3.87. The third-order valence-electron chi connectivity index (χ3n) is 6.68. The Hall–Kier alpha value is -2.82. The van der Waals surface area contributed by atoms with Crippen molar-refractivity contribution in [2.24, 2.45) is 0 Å². The average molecular weight is 610 g/mol. The van der Waals surface area contributed by atoms with Crippen LogP contribution >= 0.6 is 23.2 Å². The molecule has 0 bridgehead atoms. The molecule has 1 unspecified atom stereocenters. The highest BCUT2D eigenvalue weighted by Gasteiger charge is 2.29. The Morgan fingerprint density at radius 2 is 1.65 bits per heavy atom. The van der Waals surface area contributed by atoms with Crippen LogP contribution in [0.15, 0.2) is 59.6 Å². The van der Waals surface area contributed by atoms with Gasteiger partial charge in [0.2, 0.25) is 0 Å². The van der Waals surface area contributed by atoms with Crippen molar-refractivity contribution in [1.29, 1.82) is 0 Å². The van der Waals surface area contributed by atoms with E-state index in [2.05, 4.69) is 4.98 Å². The standard InChI is InChI=1S/C29H28Cl2F2N2O4S/c1-5-18(27-20(30)7-6-8-21(27)31)28-34-26(29(2,3)37)14-35(28)24-10-9-16(11-23(24)33)17-12-22(32)19(15-36)25(13-17)40(4,38)39/h6-14,18,36-37H,5,15H2,1-4H3. The van der Waals surface area contributed by atoms with Crippen molar-refractivity contribution in [3.05, 3.63) is 99.1 Å². The Balaban J connectivity index is 1.90. The van der Waals surface area contributed by atoms with E-state index in [4.69, 9.17) is 23.2 Å². The topological polar surface area (TPSA) is 92.4 Å². The van der Waals surface area contributed by atoms with Gasteiger partial charge in [-0.1, -0.05) is 42.3 Å². The molecule has 0 aliphatic heterocycles. The first-order chi connectivity index (χ1) is 18.7. The van der Waals surface area contributed by atoms with E-state index in [1.807, 2.05) is 6.92 Å². The van der Waals surface area contributed by atoms with Gasteiger partial charge in [0.15, 0.2) is 9.84 Å². The second kappa shape index (κ2) is 11.2. The zero-order chi connectivity index (χ0) is 29.6. The summed E-state index contributed by atoms with van der Waals surface area (Å²) in [7, 11) is -3.87. The van der Waals surface area contributed by atoms with E-state index in [-0.39, 0.29) is 27.3 Å². The Morgan fingerprint density at radius 1 is 1.02 bits per heavy atom. The maximum absolute atomic E-state index is 15.8. The summed E-state index contributed by atoms with van der Waals surface area (Å²) < 4.78 is 56.5. The first-order valence-corrected chi connectivity index (χ1v) is 15.0. The second-order valence-corrected chi connectivity index (χ2v) is 12.8. The molecule has 2 N–H and O–H groups in total. The van der Waals surface area contributed by atoms with E-state index in [0.29, 0.717) is 33.5 Å². The van der Waals surface area contributed by atoms with Crippen molar-refractivity contribution in [2.75, 3.05) is 6.26 Å². The molecule has 0 aliphatic rings. The highest BCUT2D eigenvalue weighted by atomic mass is 35.5. The lowest BCUT2D eigenvalue weighted by Crippen LogP contribution is -2.16. The van der Waals surface area contributed by atoms with Gasteiger partial charge in [0, 0.05) is 34.0 Å². The molecule has 0 saturated heterocycles. The van der Waals surface area contributed by atoms with E-state index < -0.39 is 39.6 Å². The minimum absolute atomic E-state index is 0.0964. The minimum Gasteiger partial charge on any atom is -0.392 e. The Labute approximate surface area is 241 Å². The van der Waals surface area contributed by atoms with E-state index >= 15 is 4.39 Å². The molecule has 0 radical (unpaired) electrons. The van der Waals surface area contributed by atoms with Gasteiger partial charge in [0.1, 0.15) is 23.1 Å². The number of imidazole rings is 1.